The van der Waals surface area contributed by atoms with Gasteiger partial charge in [-0.1, -0.05) is 41.5 Å². The van der Waals surface area contributed by atoms with Crippen molar-refractivity contribution < 1.29 is 22.0 Å². The third-order valence-electron chi connectivity index (χ3n) is 3.45. The molecule has 0 fully saturated rings. The summed E-state index contributed by atoms with van der Waals surface area (Å²) in [5.41, 5.74) is 0.589. The summed E-state index contributed by atoms with van der Waals surface area (Å²) in [6.07, 6.45) is 0. The monoisotopic (exact) mass is 390 g/mol. The van der Waals surface area contributed by atoms with E-state index in [1.165, 1.54) is 24.3 Å². The van der Waals surface area contributed by atoms with E-state index in [-0.39, 0.29) is 18.0 Å². The summed E-state index contributed by atoms with van der Waals surface area (Å²) in [5.74, 6) is -1.34. The van der Waals surface area contributed by atoms with Crippen LogP contribution in [0.3, 0.4) is 0 Å². The Bertz CT molecular complexity index is 1040. The Hall–Kier alpha value is -3.27. The first kappa shape index (κ1) is 18.5. The van der Waals surface area contributed by atoms with Crippen LogP contribution in [-0.2, 0) is 22.1 Å². The minimum atomic E-state index is -4.01. The van der Waals surface area contributed by atoms with Gasteiger partial charge in [0.15, 0.2) is 0 Å². The Morgan fingerprint density at radius 3 is 2.48 bits per heavy atom. The number of hydrogen-bond acceptors (Lipinski definition) is 6. The van der Waals surface area contributed by atoms with E-state index in [0.717, 1.165) is 0 Å². The maximum absolute atomic E-state index is 13.6. The first-order valence-electron chi connectivity index (χ1n) is 7.82. The maximum Gasteiger partial charge on any atom is 0.335 e. The van der Waals surface area contributed by atoms with Gasteiger partial charge in [0, 0.05) is 11.3 Å². The molecule has 1 aromatic heterocycles. The number of nitrogens with zero attached hydrogens (tertiary/aromatic N) is 2. The van der Waals surface area contributed by atoms with Crippen molar-refractivity contribution in [3.8, 4) is 0 Å². The SMILES string of the molecule is O=C(NCc1nnc(S(=O)(=O)Cc2ccccc2F)o1)Nc1ccccc1. The summed E-state index contributed by atoms with van der Waals surface area (Å²) in [7, 11) is -4.01. The van der Waals surface area contributed by atoms with Gasteiger partial charge in [0.1, 0.15) is 5.82 Å². The number of hydrogen-bond donors (Lipinski definition) is 2. The van der Waals surface area contributed by atoms with Crippen LogP contribution in [0, 0.1) is 5.82 Å². The molecule has 3 rings (SSSR count). The van der Waals surface area contributed by atoms with Crippen molar-refractivity contribution in [2.75, 3.05) is 5.32 Å². The van der Waals surface area contributed by atoms with Gasteiger partial charge in [-0.05, 0) is 18.2 Å². The van der Waals surface area contributed by atoms with Crippen molar-refractivity contribution in [3.05, 3.63) is 71.9 Å². The molecule has 2 amide bonds. The minimum absolute atomic E-state index is 0.00221. The van der Waals surface area contributed by atoms with E-state index in [4.69, 9.17) is 4.42 Å². The van der Waals surface area contributed by atoms with Crippen LogP contribution in [0.4, 0.5) is 14.9 Å². The molecule has 0 spiro atoms. The zero-order valence-corrected chi connectivity index (χ0v) is 14.7. The normalized spacial score (nSPS) is 11.1. The van der Waals surface area contributed by atoms with Crippen LogP contribution in [0.2, 0.25) is 0 Å². The molecule has 27 heavy (non-hydrogen) atoms. The highest BCUT2D eigenvalue weighted by Gasteiger charge is 2.24. The van der Waals surface area contributed by atoms with Crippen molar-refractivity contribution in [2.45, 2.75) is 17.5 Å². The van der Waals surface area contributed by atoms with Gasteiger partial charge >= 0.3 is 11.3 Å². The molecule has 10 heteroatoms. The summed E-state index contributed by atoms with van der Waals surface area (Å²) >= 11 is 0. The lowest BCUT2D eigenvalue weighted by Crippen LogP contribution is -2.28. The molecule has 2 aromatic carbocycles. The summed E-state index contributed by atoms with van der Waals surface area (Å²) in [4.78, 5) is 11.8. The zero-order chi connectivity index (χ0) is 19.3. The molecule has 0 atom stereocenters. The van der Waals surface area contributed by atoms with Crippen LogP contribution < -0.4 is 10.6 Å². The van der Waals surface area contributed by atoms with E-state index >= 15 is 0 Å². The van der Waals surface area contributed by atoms with Gasteiger partial charge in [0.05, 0.1) is 12.3 Å². The summed E-state index contributed by atoms with van der Waals surface area (Å²) in [5, 5.41) is 11.5. The third kappa shape index (κ3) is 4.88. The lowest BCUT2D eigenvalue weighted by Gasteiger charge is -2.05. The fourth-order valence-electron chi connectivity index (χ4n) is 2.17. The molecule has 1 heterocycles. The van der Waals surface area contributed by atoms with Crippen molar-refractivity contribution >= 4 is 21.6 Å². The lowest BCUT2D eigenvalue weighted by atomic mass is 10.2. The number of amides is 2. The zero-order valence-electron chi connectivity index (χ0n) is 13.9. The molecule has 140 valence electrons. The van der Waals surface area contributed by atoms with Crippen LogP contribution in [0.5, 0.6) is 0 Å². The number of urea groups is 1. The number of aromatic nitrogens is 2. The number of anilines is 1. The van der Waals surface area contributed by atoms with E-state index in [0.29, 0.717) is 5.69 Å². The van der Waals surface area contributed by atoms with Gasteiger partial charge in [-0.2, -0.15) is 0 Å². The van der Waals surface area contributed by atoms with Gasteiger partial charge in [0.2, 0.25) is 15.7 Å². The standard InChI is InChI=1S/C17H15FN4O4S/c18-14-9-5-4-6-12(14)11-27(24,25)17-22-21-15(26-17)10-19-16(23)20-13-7-2-1-3-8-13/h1-9H,10-11H2,(H2,19,20,23). The van der Waals surface area contributed by atoms with Gasteiger partial charge in [0.25, 0.3) is 0 Å². The van der Waals surface area contributed by atoms with Gasteiger partial charge < -0.3 is 15.1 Å². The Balaban J connectivity index is 1.60. The molecule has 0 saturated heterocycles. The fraction of sp³-hybridized carbons (Fsp3) is 0.118. The van der Waals surface area contributed by atoms with Crippen molar-refractivity contribution in [3.63, 3.8) is 0 Å². The van der Waals surface area contributed by atoms with Crippen molar-refractivity contribution in [1.82, 2.24) is 15.5 Å². The van der Waals surface area contributed by atoms with Crippen molar-refractivity contribution in [2.24, 2.45) is 0 Å². The van der Waals surface area contributed by atoms with Crippen LogP contribution in [-0.4, -0.2) is 24.6 Å². The maximum atomic E-state index is 13.6. The molecule has 0 unspecified atom stereocenters. The van der Waals surface area contributed by atoms with E-state index in [9.17, 15) is 17.6 Å². The molecule has 0 aliphatic heterocycles. The predicted octanol–water partition coefficient (Wildman–Crippen LogP) is 2.50. The molecule has 0 saturated carbocycles. The van der Waals surface area contributed by atoms with Crippen LogP contribution in [0.25, 0.3) is 0 Å². The van der Waals surface area contributed by atoms with E-state index in [2.05, 4.69) is 20.8 Å². The fourth-order valence-corrected chi connectivity index (χ4v) is 3.33. The second-order valence-electron chi connectivity index (χ2n) is 5.49. The Kier molecular flexibility index (Phi) is 5.46. The summed E-state index contributed by atoms with van der Waals surface area (Å²) in [6, 6.07) is 13.8. The van der Waals surface area contributed by atoms with Gasteiger partial charge in [-0.25, -0.2) is 17.6 Å². The first-order chi connectivity index (χ1) is 12.9. The van der Waals surface area contributed by atoms with Crippen LogP contribution in [0.15, 0.2) is 64.2 Å². The molecule has 2 N–H and O–H groups in total. The molecule has 8 nitrogen and oxygen atoms in total. The molecular formula is C17H15FN4O4S. The minimum Gasteiger partial charge on any atom is -0.411 e. The number of benzene rings is 2. The number of halogens is 1. The number of carbonyl (C=O) groups excluding carboxylic acids is 1. The molecule has 0 aliphatic rings. The average Bonchev–Trinajstić information content (AvgIpc) is 3.13. The van der Waals surface area contributed by atoms with Crippen molar-refractivity contribution in [1.29, 1.82) is 0 Å². The largest absolute Gasteiger partial charge is 0.411 e. The van der Waals surface area contributed by atoms with Gasteiger partial charge in [-0.15, -0.1) is 5.10 Å². The van der Waals surface area contributed by atoms with Crippen LogP contribution >= 0.6 is 0 Å². The smallest absolute Gasteiger partial charge is 0.335 e. The highest BCUT2D eigenvalue weighted by molar-refractivity contribution is 7.90. The third-order valence-corrected chi connectivity index (χ3v) is 4.84. The van der Waals surface area contributed by atoms with E-state index in [1.807, 2.05) is 6.07 Å². The van der Waals surface area contributed by atoms with E-state index in [1.54, 1.807) is 24.3 Å². The number of carbonyl (C=O) groups is 1. The summed E-state index contributed by atoms with van der Waals surface area (Å²) in [6.45, 7) is -0.166. The number of sulfone groups is 1. The molecule has 0 bridgehead atoms. The second-order valence-corrected chi connectivity index (χ2v) is 7.35. The topological polar surface area (TPSA) is 114 Å². The molecular weight excluding hydrogens is 375 g/mol. The first-order valence-corrected chi connectivity index (χ1v) is 9.48. The number of rotatable bonds is 6. The Labute approximate surface area is 154 Å². The number of nitrogens with one attached hydrogen (secondary N) is 2. The highest BCUT2D eigenvalue weighted by atomic mass is 32.2. The van der Waals surface area contributed by atoms with Gasteiger partial charge in [-0.3, -0.25) is 0 Å². The summed E-state index contributed by atoms with van der Waals surface area (Å²) < 4.78 is 43.3. The molecule has 0 radical (unpaired) electrons. The quantitative estimate of drug-likeness (QED) is 0.668. The highest BCUT2D eigenvalue weighted by Crippen LogP contribution is 2.17. The Morgan fingerprint density at radius 2 is 1.74 bits per heavy atom. The average molecular weight is 390 g/mol. The Morgan fingerprint density at radius 1 is 1.04 bits per heavy atom. The predicted molar refractivity (Wildman–Crippen MR) is 93.9 cm³/mol. The van der Waals surface area contributed by atoms with Crippen LogP contribution in [0.1, 0.15) is 11.5 Å². The second kappa shape index (κ2) is 7.96. The molecule has 3 aromatic rings. The lowest BCUT2D eigenvalue weighted by molar-refractivity contribution is 0.250. The van der Waals surface area contributed by atoms with E-state index < -0.39 is 32.7 Å². The number of para-hydroxylation sites is 1. The molecule has 0 aliphatic carbocycles.